The Bertz CT molecular complexity index is 614. The lowest BCUT2D eigenvalue weighted by molar-refractivity contribution is -0.153. The van der Waals surface area contributed by atoms with Gasteiger partial charge in [0.15, 0.2) is 0 Å². The maximum Gasteiger partial charge on any atom is 0.311 e. The van der Waals surface area contributed by atoms with Crippen molar-refractivity contribution in [3.63, 3.8) is 0 Å². The van der Waals surface area contributed by atoms with Gasteiger partial charge in [0.1, 0.15) is 0 Å². The zero-order valence-electron chi connectivity index (χ0n) is 11.3. The minimum atomic E-state index is -1.37. The molecular formula is C14H14O8. The minimum Gasteiger partial charge on any atom is -0.481 e. The summed E-state index contributed by atoms with van der Waals surface area (Å²) in [5.74, 6) is -10.5. The highest BCUT2D eigenvalue weighted by atomic mass is 16.4. The predicted molar refractivity (Wildman–Crippen MR) is 69.9 cm³/mol. The first kappa shape index (κ1) is 15.7. The molecule has 0 saturated carbocycles. The van der Waals surface area contributed by atoms with Crippen LogP contribution in [0, 0.1) is 23.7 Å². The van der Waals surface area contributed by atoms with Crippen LogP contribution in [0.25, 0.3) is 0 Å². The Morgan fingerprint density at radius 3 is 1.91 bits per heavy atom. The van der Waals surface area contributed by atoms with E-state index in [0.29, 0.717) is 0 Å². The average molecular weight is 310 g/mol. The average Bonchev–Trinajstić information content (AvgIpc) is 2.43. The molecule has 0 aromatic carbocycles. The van der Waals surface area contributed by atoms with Gasteiger partial charge in [-0.05, 0) is 18.4 Å². The second-order valence-corrected chi connectivity index (χ2v) is 5.32. The topological polar surface area (TPSA) is 149 Å². The number of carbonyl (C=O) groups is 4. The van der Waals surface area contributed by atoms with E-state index in [1.54, 1.807) is 0 Å². The first-order valence-corrected chi connectivity index (χ1v) is 6.58. The summed E-state index contributed by atoms with van der Waals surface area (Å²) in [6.45, 7) is 0. The molecule has 0 heterocycles. The van der Waals surface area contributed by atoms with E-state index >= 15 is 0 Å². The summed E-state index contributed by atoms with van der Waals surface area (Å²) in [4.78, 5) is 45.2. The van der Waals surface area contributed by atoms with Gasteiger partial charge in [-0.2, -0.15) is 0 Å². The molecule has 0 saturated heterocycles. The summed E-state index contributed by atoms with van der Waals surface area (Å²) >= 11 is 0. The van der Waals surface area contributed by atoms with Crippen molar-refractivity contribution in [1.82, 2.24) is 0 Å². The fraction of sp³-hybridized carbons (Fsp3) is 0.429. The lowest BCUT2D eigenvalue weighted by Gasteiger charge is -2.35. The van der Waals surface area contributed by atoms with Crippen molar-refractivity contribution in [2.45, 2.75) is 12.8 Å². The van der Waals surface area contributed by atoms with Crippen molar-refractivity contribution in [3.05, 3.63) is 23.3 Å². The van der Waals surface area contributed by atoms with Gasteiger partial charge in [-0.3, -0.25) is 19.2 Å². The maximum atomic E-state index is 11.4. The highest BCUT2D eigenvalue weighted by Gasteiger charge is 2.46. The van der Waals surface area contributed by atoms with E-state index in [0.717, 1.165) is 6.08 Å². The quantitative estimate of drug-likeness (QED) is 0.584. The summed E-state index contributed by atoms with van der Waals surface area (Å²) in [5, 5.41) is 36.9. The summed E-state index contributed by atoms with van der Waals surface area (Å²) in [7, 11) is 0. The molecule has 0 spiro atoms. The van der Waals surface area contributed by atoms with E-state index < -0.39 is 47.5 Å². The molecule has 0 fully saturated rings. The van der Waals surface area contributed by atoms with E-state index in [-0.39, 0.29) is 24.0 Å². The lowest BCUT2D eigenvalue weighted by atomic mass is 9.67. The molecule has 2 rings (SSSR count). The van der Waals surface area contributed by atoms with Gasteiger partial charge in [-0.1, -0.05) is 17.7 Å². The third-order valence-corrected chi connectivity index (χ3v) is 4.19. The summed E-state index contributed by atoms with van der Waals surface area (Å²) < 4.78 is 0. The Kier molecular flexibility index (Phi) is 4.03. The first-order chi connectivity index (χ1) is 10.3. The Morgan fingerprint density at radius 2 is 1.45 bits per heavy atom. The van der Waals surface area contributed by atoms with E-state index in [2.05, 4.69) is 0 Å². The molecule has 4 atom stereocenters. The van der Waals surface area contributed by atoms with Crippen molar-refractivity contribution in [3.8, 4) is 0 Å². The standard InChI is InChI=1S/C14H14O8/c15-11(16)7-3-1-5-6(10(7)14(21)22)2-4-8(12(17)18)9(5)13(19)20/h1,3,7-10H,2,4H2,(H,15,16)(H,17,18)(H,19,20)(H,21,22). The van der Waals surface area contributed by atoms with Gasteiger partial charge in [0.25, 0.3) is 0 Å². The van der Waals surface area contributed by atoms with Gasteiger partial charge in [0.2, 0.25) is 0 Å². The Hall–Kier alpha value is -2.64. The van der Waals surface area contributed by atoms with Crippen molar-refractivity contribution in [2.24, 2.45) is 23.7 Å². The molecular weight excluding hydrogens is 296 g/mol. The van der Waals surface area contributed by atoms with Gasteiger partial charge in [-0.25, -0.2) is 0 Å². The molecule has 2 aliphatic rings. The Labute approximate surface area is 124 Å². The molecule has 4 unspecified atom stereocenters. The Morgan fingerprint density at radius 1 is 0.864 bits per heavy atom. The Balaban J connectivity index is 2.54. The first-order valence-electron chi connectivity index (χ1n) is 6.58. The predicted octanol–water partition coefficient (Wildman–Crippen LogP) is 0.450. The maximum absolute atomic E-state index is 11.4. The largest absolute Gasteiger partial charge is 0.481 e. The van der Waals surface area contributed by atoms with E-state index in [1.165, 1.54) is 6.08 Å². The van der Waals surface area contributed by atoms with Gasteiger partial charge in [-0.15, -0.1) is 0 Å². The summed E-state index contributed by atoms with van der Waals surface area (Å²) in [5.41, 5.74) is 0.309. The van der Waals surface area contributed by atoms with E-state index in [9.17, 15) is 29.4 Å². The van der Waals surface area contributed by atoms with Crippen molar-refractivity contribution >= 4 is 23.9 Å². The molecule has 4 N–H and O–H groups in total. The van der Waals surface area contributed by atoms with E-state index in [1.807, 2.05) is 0 Å². The summed E-state index contributed by atoms with van der Waals surface area (Å²) in [6.07, 6.45) is 2.40. The number of rotatable bonds is 4. The SMILES string of the molecule is O=C(O)C1C=CC2=C(CCC(C(=O)O)C2C(=O)O)C1C(=O)O. The smallest absolute Gasteiger partial charge is 0.311 e. The molecule has 0 aromatic heterocycles. The monoisotopic (exact) mass is 310 g/mol. The number of carboxylic acids is 4. The van der Waals surface area contributed by atoms with Crippen LogP contribution < -0.4 is 0 Å². The molecule has 8 heteroatoms. The van der Waals surface area contributed by atoms with Gasteiger partial charge >= 0.3 is 23.9 Å². The molecule has 0 aliphatic heterocycles. The van der Waals surface area contributed by atoms with Crippen LogP contribution in [0.3, 0.4) is 0 Å². The normalized spacial score (nSPS) is 30.5. The van der Waals surface area contributed by atoms with Crippen LogP contribution in [-0.2, 0) is 19.2 Å². The molecule has 8 nitrogen and oxygen atoms in total. The summed E-state index contributed by atoms with van der Waals surface area (Å²) in [6, 6.07) is 0. The van der Waals surface area contributed by atoms with Crippen LogP contribution >= 0.6 is 0 Å². The van der Waals surface area contributed by atoms with Crippen LogP contribution in [-0.4, -0.2) is 44.3 Å². The van der Waals surface area contributed by atoms with Crippen LogP contribution in [0.15, 0.2) is 23.3 Å². The van der Waals surface area contributed by atoms with Crippen molar-refractivity contribution in [2.75, 3.05) is 0 Å². The molecule has 22 heavy (non-hydrogen) atoms. The number of hydrogen-bond acceptors (Lipinski definition) is 4. The second kappa shape index (κ2) is 5.63. The zero-order valence-corrected chi connectivity index (χ0v) is 11.3. The molecule has 0 aromatic rings. The highest BCUT2D eigenvalue weighted by molar-refractivity contribution is 5.88. The third-order valence-electron chi connectivity index (χ3n) is 4.19. The number of carboxylic acid groups (broad SMARTS) is 4. The fourth-order valence-corrected chi connectivity index (χ4v) is 3.22. The molecule has 2 aliphatic carbocycles. The highest BCUT2D eigenvalue weighted by Crippen LogP contribution is 2.44. The van der Waals surface area contributed by atoms with E-state index in [4.69, 9.17) is 10.2 Å². The zero-order chi connectivity index (χ0) is 16.6. The third kappa shape index (κ3) is 2.47. The van der Waals surface area contributed by atoms with Gasteiger partial charge < -0.3 is 20.4 Å². The molecule has 0 bridgehead atoms. The minimum absolute atomic E-state index is 0.0326. The number of hydrogen-bond donors (Lipinski definition) is 4. The molecule has 118 valence electrons. The molecule has 0 amide bonds. The second-order valence-electron chi connectivity index (χ2n) is 5.32. The van der Waals surface area contributed by atoms with Gasteiger partial charge in [0, 0.05) is 0 Å². The number of allylic oxidation sites excluding steroid dienone is 1. The van der Waals surface area contributed by atoms with Crippen LogP contribution in [0.2, 0.25) is 0 Å². The van der Waals surface area contributed by atoms with Gasteiger partial charge in [0.05, 0.1) is 23.7 Å². The fourth-order valence-electron chi connectivity index (χ4n) is 3.22. The molecule has 0 radical (unpaired) electrons. The van der Waals surface area contributed by atoms with Crippen LogP contribution in [0.1, 0.15) is 12.8 Å². The van der Waals surface area contributed by atoms with Crippen LogP contribution in [0.5, 0.6) is 0 Å². The van der Waals surface area contributed by atoms with Crippen molar-refractivity contribution in [1.29, 1.82) is 0 Å². The lowest BCUT2D eigenvalue weighted by Crippen LogP contribution is -2.40. The van der Waals surface area contributed by atoms with Crippen molar-refractivity contribution < 1.29 is 39.6 Å². The van der Waals surface area contributed by atoms with Crippen LogP contribution in [0.4, 0.5) is 0 Å². The number of aliphatic carboxylic acids is 4.